The molecule has 1 aliphatic carbocycles. The van der Waals surface area contributed by atoms with Crippen LogP contribution in [-0.4, -0.2) is 34.9 Å². The first-order valence-electron chi connectivity index (χ1n) is 33.4. The van der Waals surface area contributed by atoms with E-state index in [4.69, 9.17) is 4.42 Å². The number of oxazole rings is 1. The molecule has 9 heteroatoms. The number of benzene rings is 3. The van der Waals surface area contributed by atoms with E-state index in [0.29, 0.717) is 35.5 Å². The van der Waals surface area contributed by atoms with Crippen LogP contribution in [0.25, 0.3) is 32.3 Å². The number of pyridine rings is 3. The van der Waals surface area contributed by atoms with Gasteiger partial charge in [0.05, 0.1) is 26.3 Å². The van der Waals surface area contributed by atoms with Crippen molar-refractivity contribution in [2.75, 3.05) is 0 Å². The molecule has 0 radical (unpaired) electrons. The highest BCUT2D eigenvalue weighted by atomic mass is 32.1. The molecular formula is C77H127N7OS. The van der Waals surface area contributed by atoms with Gasteiger partial charge in [-0.3, -0.25) is 15.0 Å². The van der Waals surface area contributed by atoms with E-state index >= 15 is 0 Å². The Hall–Kier alpha value is -6.06. The van der Waals surface area contributed by atoms with Crippen LogP contribution in [0, 0.1) is 11.8 Å². The van der Waals surface area contributed by atoms with Gasteiger partial charge in [-0.1, -0.05) is 281 Å². The molecule has 86 heavy (non-hydrogen) atoms. The number of rotatable bonds is 7. The number of aromatic amines is 1. The van der Waals surface area contributed by atoms with Gasteiger partial charge in [0, 0.05) is 53.9 Å². The Balaban J connectivity index is -0.000000442. The average molecular weight is 1200 g/mol. The highest BCUT2D eigenvalue weighted by molar-refractivity contribution is 7.18. The number of hydrogen-bond acceptors (Lipinski definition) is 8. The molecule has 0 atom stereocenters. The van der Waals surface area contributed by atoms with E-state index in [-0.39, 0.29) is 0 Å². The lowest BCUT2D eigenvalue weighted by molar-refractivity contribution is 0.279. The summed E-state index contributed by atoms with van der Waals surface area (Å²) in [5.41, 5.74) is 8.77. The number of hydrogen-bond donors (Lipinski definition) is 1. The van der Waals surface area contributed by atoms with Crippen molar-refractivity contribution in [2.24, 2.45) is 11.8 Å². The molecule has 10 rings (SSSR count). The fourth-order valence-electron chi connectivity index (χ4n) is 7.47. The molecule has 482 valence electrons. The van der Waals surface area contributed by atoms with Crippen LogP contribution in [0.1, 0.15) is 295 Å². The molecule has 0 amide bonds. The van der Waals surface area contributed by atoms with Crippen molar-refractivity contribution >= 4 is 43.7 Å². The maximum Gasteiger partial charge on any atom is 0.198 e. The molecule has 1 N–H and O–H groups in total. The number of fused-ring (bicyclic) bond motifs is 3. The van der Waals surface area contributed by atoms with Crippen LogP contribution in [0.3, 0.4) is 0 Å². The summed E-state index contributed by atoms with van der Waals surface area (Å²) in [6.45, 7) is 58.4. The molecular weight excluding hydrogens is 1070 g/mol. The summed E-state index contributed by atoms with van der Waals surface area (Å²) in [6, 6.07) is 40.3. The lowest BCUT2D eigenvalue weighted by Crippen LogP contribution is -2.12. The third kappa shape index (κ3) is 37.5. The lowest BCUT2D eigenvalue weighted by atomic mass is 9.82. The monoisotopic (exact) mass is 1200 g/mol. The molecule has 6 heterocycles. The summed E-state index contributed by atoms with van der Waals surface area (Å²) >= 11 is 1.79. The van der Waals surface area contributed by atoms with Crippen molar-refractivity contribution in [1.29, 1.82) is 0 Å². The first-order chi connectivity index (χ1) is 41.5. The van der Waals surface area contributed by atoms with Gasteiger partial charge in [0.2, 0.25) is 0 Å². The highest BCUT2D eigenvalue weighted by Gasteiger charge is 2.16. The van der Waals surface area contributed by atoms with E-state index in [1.165, 1.54) is 47.4 Å². The van der Waals surface area contributed by atoms with Gasteiger partial charge in [-0.05, 0) is 102 Å². The average Bonchev–Trinajstić information content (AvgIpc) is 4.46. The molecule has 0 spiro atoms. The maximum atomic E-state index is 5.52. The summed E-state index contributed by atoms with van der Waals surface area (Å²) in [7, 11) is 0. The zero-order valence-electron chi connectivity index (χ0n) is 60.0. The summed E-state index contributed by atoms with van der Waals surface area (Å²) < 4.78 is 6.81. The van der Waals surface area contributed by atoms with Crippen LogP contribution in [0.5, 0.6) is 0 Å². The number of aromatic nitrogens is 7. The molecule has 1 fully saturated rings. The van der Waals surface area contributed by atoms with Crippen molar-refractivity contribution < 1.29 is 4.42 Å². The van der Waals surface area contributed by atoms with Crippen LogP contribution in [0.2, 0.25) is 0 Å². The van der Waals surface area contributed by atoms with Crippen molar-refractivity contribution in [3.8, 4) is 0 Å². The van der Waals surface area contributed by atoms with Crippen LogP contribution >= 0.6 is 11.3 Å². The SMILES string of the molecule is CC.CC.CC.CC.CC.CC.CC.CC(C)C1CCCCC1.CC(C)c1ccccn1.CC(C)c1ccccn1.CC(C)c1cccnc1.CC(C)c1nc2ccccc2[nH]1.CC(C)c1nc2ccccc2o1.CC(C)c1nc2ccccc2s1. The van der Waals surface area contributed by atoms with E-state index in [1.54, 1.807) is 17.5 Å². The third-order valence-corrected chi connectivity index (χ3v) is 13.4. The number of imidazole rings is 1. The molecule has 3 aromatic carbocycles. The fraction of sp³-hybridized carbons (Fsp3) is 0.532. The van der Waals surface area contributed by atoms with Crippen LogP contribution in [0.4, 0.5) is 0 Å². The predicted molar refractivity (Wildman–Crippen MR) is 388 cm³/mol. The van der Waals surface area contributed by atoms with Gasteiger partial charge in [0.15, 0.2) is 11.5 Å². The molecule has 0 saturated heterocycles. The van der Waals surface area contributed by atoms with Gasteiger partial charge < -0.3 is 9.40 Å². The fourth-order valence-corrected chi connectivity index (χ4v) is 8.44. The van der Waals surface area contributed by atoms with Crippen molar-refractivity contribution in [3.05, 3.63) is 180 Å². The van der Waals surface area contributed by atoms with E-state index in [2.05, 4.69) is 156 Å². The molecule has 0 unspecified atom stereocenters. The number of nitrogens with one attached hydrogen (secondary N) is 1. The lowest BCUT2D eigenvalue weighted by Gasteiger charge is -2.24. The Morgan fingerprint density at radius 3 is 1.26 bits per heavy atom. The Kier molecular flexibility index (Phi) is 57.0. The zero-order valence-corrected chi connectivity index (χ0v) is 60.8. The first-order valence-corrected chi connectivity index (χ1v) is 34.2. The number of thiazole rings is 1. The predicted octanol–water partition coefficient (Wildman–Crippen LogP) is 26.1. The van der Waals surface area contributed by atoms with E-state index in [9.17, 15) is 0 Å². The Bertz CT molecular complexity index is 2400. The minimum absolute atomic E-state index is 0.359. The normalized spacial score (nSPS) is 10.8. The van der Waals surface area contributed by atoms with Gasteiger partial charge >= 0.3 is 0 Å². The van der Waals surface area contributed by atoms with Crippen molar-refractivity contribution in [2.45, 2.75) is 261 Å². The van der Waals surface area contributed by atoms with Gasteiger partial charge in [0.25, 0.3) is 0 Å². The van der Waals surface area contributed by atoms with Gasteiger partial charge in [0.1, 0.15) is 11.3 Å². The molecule has 0 aliphatic heterocycles. The van der Waals surface area contributed by atoms with E-state index < -0.39 is 0 Å². The van der Waals surface area contributed by atoms with Crippen LogP contribution in [-0.2, 0) is 0 Å². The van der Waals surface area contributed by atoms with Crippen molar-refractivity contribution in [3.63, 3.8) is 0 Å². The summed E-state index contributed by atoms with van der Waals surface area (Å²) in [4.78, 5) is 29.0. The minimum Gasteiger partial charge on any atom is -0.440 e. The summed E-state index contributed by atoms with van der Waals surface area (Å²) in [6.07, 6.45) is 14.8. The maximum absolute atomic E-state index is 5.52. The van der Waals surface area contributed by atoms with Crippen LogP contribution < -0.4 is 0 Å². The second-order valence-corrected chi connectivity index (χ2v) is 21.6. The second-order valence-electron chi connectivity index (χ2n) is 20.5. The highest BCUT2D eigenvalue weighted by Crippen LogP contribution is 2.29. The number of nitrogens with zero attached hydrogens (tertiary/aromatic N) is 6. The minimum atomic E-state index is 0.359. The first kappa shape index (κ1) is 86.4. The smallest absolute Gasteiger partial charge is 0.198 e. The summed E-state index contributed by atoms with van der Waals surface area (Å²) in [5, 5.41) is 1.23. The zero-order chi connectivity index (χ0) is 66.4. The van der Waals surface area contributed by atoms with Gasteiger partial charge in [-0.25, -0.2) is 15.0 Å². The topological polar surface area (TPSA) is 106 Å². The quantitative estimate of drug-likeness (QED) is 0.169. The third-order valence-electron chi connectivity index (χ3n) is 12.1. The molecule has 1 saturated carbocycles. The van der Waals surface area contributed by atoms with Gasteiger partial charge in [-0.2, -0.15) is 0 Å². The molecule has 6 aromatic heterocycles. The van der Waals surface area contributed by atoms with Crippen LogP contribution in [0.15, 0.2) is 151 Å². The second kappa shape index (κ2) is 56.7. The van der Waals surface area contributed by atoms with E-state index in [0.717, 1.165) is 62.6 Å². The number of H-pyrrole nitrogens is 1. The Morgan fingerprint density at radius 1 is 0.419 bits per heavy atom. The van der Waals surface area contributed by atoms with Crippen molar-refractivity contribution in [1.82, 2.24) is 34.9 Å². The Morgan fingerprint density at radius 2 is 0.895 bits per heavy atom. The Labute approximate surface area is 533 Å². The summed E-state index contributed by atoms with van der Waals surface area (Å²) in [5.74, 6) is 6.93. The molecule has 9 aromatic rings. The standard InChI is InChI=1S/C10H12N2.C10H11NO.C10H11NS.C9H18.3C8H11N.7C2H6/c3*1-7(2)10-11-8-5-3-4-6-9(8)12-10;1-8(2)9-6-4-3-5-7-9;1-7(2)8-4-3-5-9-6-8;2*1-7(2)8-5-3-4-6-9-8;7*1-2/h3-7H,1-2H3,(H,11,12);2*3-7H,1-2H3;8-9H,3-7H2,1-2H3;3*3-7H,1-2H3;7*1-2H3. The molecule has 1 aliphatic rings. The van der Waals surface area contributed by atoms with Gasteiger partial charge in [-0.15, -0.1) is 11.3 Å². The largest absolute Gasteiger partial charge is 0.440 e. The van der Waals surface area contributed by atoms with E-state index in [1.807, 2.05) is 213 Å². The number of para-hydroxylation sites is 5. The molecule has 0 bridgehead atoms. The molecule has 8 nitrogen and oxygen atoms in total.